The number of benzene rings is 2. The Bertz CT molecular complexity index is 1260. The quantitative estimate of drug-likeness (QED) is 0.585. The monoisotopic (exact) mass is 371 g/mol. The molecule has 0 spiro atoms. The molecule has 2 aromatic carbocycles. The summed E-state index contributed by atoms with van der Waals surface area (Å²) in [6, 6.07) is 12.4. The van der Waals surface area contributed by atoms with Crippen LogP contribution < -0.4 is 15.3 Å². The molecule has 1 aliphatic rings. The van der Waals surface area contributed by atoms with Crippen LogP contribution in [0, 0.1) is 0 Å². The molecule has 0 unspecified atom stereocenters. The molecule has 2 amide bonds. The normalized spacial score (nSPS) is 19.0. The van der Waals surface area contributed by atoms with Crippen molar-refractivity contribution in [2.45, 2.75) is 0 Å². The molecule has 0 N–H and O–H groups in total. The van der Waals surface area contributed by atoms with Crippen LogP contribution in [0.1, 0.15) is 0 Å². The third-order valence-corrected chi connectivity index (χ3v) is 3.87. The minimum atomic E-state index is -0.649. The van der Waals surface area contributed by atoms with Crippen LogP contribution in [0.2, 0.25) is 0 Å². The average molecular weight is 371 g/mol. The molecule has 0 saturated heterocycles. The first kappa shape index (κ1) is 17.3. The molecule has 0 fully saturated rings. The number of rotatable bonds is 0. The predicted octanol–water partition coefficient (Wildman–Crippen LogP) is 0.949. The molecule has 3 aromatic rings. The Kier molecular flexibility index (Phi) is 4.75. The Morgan fingerprint density at radius 2 is 1.82 bits per heavy atom. The largest absolute Gasteiger partial charge is 0.488 e. The van der Waals surface area contributed by atoms with E-state index in [0.29, 0.717) is 33.0 Å². The van der Waals surface area contributed by atoms with Gasteiger partial charge in [0.1, 0.15) is 18.7 Å². The van der Waals surface area contributed by atoms with Gasteiger partial charge in [-0.3, -0.25) is 9.59 Å². The standard InChI is InChI=1S/C20H13N5O3/c26-18-9-13-3-1-2-4-16(13)25-20-15-10-14(5-6-17(15)23-12-24-20)28-8-7-21-19(27)11-22-18/h1-7,9-12H,8H2/b13-9+,21-7+,22-11+,25-16+. The van der Waals surface area contributed by atoms with E-state index in [9.17, 15) is 9.59 Å². The van der Waals surface area contributed by atoms with E-state index in [1.54, 1.807) is 42.5 Å². The summed E-state index contributed by atoms with van der Waals surface area (Å²) < 4.78 is 5.59. The molecule has 1 aliphatic heterocycles. The smallest absolute Gasteiger partial charge is 0.288 e. The van der Waals surface area contributed by atoms with Crippen molar-refractivity contribution in [3.05, 3.63) is 59.4 Å². The first-order valence-electron chi connectivity index (χ1n) is 8.37. The van der Waals surface area contributed by atoms with Gasteiger partial charge in [0.25, 0.3) is 11.8 Å². The van der Waals surface area contributed by atoms with Crippen LogP contribution in [0.4, 0.5) is 5.82 Å². The summed E-state index contributed by atoms with van der Waals surface area (Å²) in [6.45, 7) is 0.0775. The maximum atomic E-state index is 12.1. The zero-order chi connectivity index (χ0) is 19.3. The number of ether oxygens (including phenoxy) is 1. The second-order valence-electron chi connectivity index (χ2n) is 5.75. The Balaban J connectivity index is 1.97. The molecule has 8 nitrogen and oxygen atoms in total. The van der Waals surface area contributed by atoms with Gasteiger partial charge in [-0.05, 0) is 24.3 Å². The van der Waals surface area contributed by atoms with E-state index in [4.69, 9.17) is 4.74 Å². The molecule has 0 aliphatic carbocycles. The highest BCUT2D eigenvalue weighted by molar-refractivity contribution is 6.31. The molecule has 8 heteroatoms. The van der Waals surface area contributed by atoms with Crippen LogP contribution in [-0.2, 0) is 9.59 Å². The molecule has 4 rings (SSSR count). The van der Waals surface area contributed by atoms with Crippen molar-refractivity contribution < 1.29 is 14.3 Å². The zero-order valence-corrected chi connectivity index (χ0v) is 14.5. The van der Waals surface area contributed by atoms with Crippen molar-refractivity contribution in [3.63, 3.8) is 0 Å². The lowest BCUT2D eigenvalue weighted by Gasteiger charge is -2.05. The van der Waals surface area contributed by atoms with Crippen molar-refractivity contribution in [2.75, 3.05) is 6.61 Å². The summed E-state index contributed by atoms with van der Waals surface area (Å²) in [5.74, 6) is -0.231. The first-order valence-corrected chi connectivity index (χ1v) is 8.37. The van der Waals surface area contributed by atoms with Gasteiger partial charge in [0.15, 0.2) is 5.82 Å². The van der Waals surface area contributed by atoms with E-state index < -0.39 is 11.8 Å². The van der Waals surface area contributed by atoms with Gasteiger partial charge in [-0.1, -0.05) is 18.2 Å². The number of carbonyl (C=O) groups is 2. The van der Waals surface area contributed by atoms with Crippen molar-refractivity contribution >= 4 is 47.0 Å². The fourth-order valence-corrected chi connectivity index (χ4v) is 2.61. The maximum Gasteiger partial charge on any atom is 0.288 e. The third kappa shape index (κ3) is 3.85. The van der Waals surface area contributed by atoms with Crippen LogP contribution in [0.25, 0.3) is 17.0 Å². The van der Waals surface area contributed by atoms with Crippen molar-refractivity contribution in [2.24, 2.45) is 15.0 Å². The molecule has 1 aromatic heterocycles. The Morgan fingerprint density at radius 3 is 2.75 bits per heavy atom. The van der Waals surface area contributed by atoms with Crippen LogP contribution in [0.3, 0.4) is 0 Å². The van der Waals surface area contributed by atoms with E-state index in [1.807, 2.05) is 0 Å². The minimum absolute atomic E-state index is 0.0775. The predicted molar refractivity (Wildman–Crippen MR) is 103 cm³/mol. The fraction of sp³-hybridized carbons (Fsp3) is 0.0500. The van der Waals surface area contributed by atoms with Crippen molar-refractivity contribution in [3.8, 4) is 5.75 Å². The van der Waals surface area contributed by atoms with E-state index in [-0.39, 0.29) is 6.61 Å². The van der Waals surface area contributed by atoms with Gasteiger partial charge in [0.2, 0.25) is 0 Å². The molecule has 0 atom stereocenters. The highest BCUT2D eigenvalue weighted by Gasteiger charge is 2.05. The highest BCUT2D eigenvalue weighted by atomic mass is 16.5. The number of nitrogens with zero attached hydrogens (tertiary/aromatic N) is 5. The number of aromatic nitrogens is 2. The van der Waals surface area contributed by atoms with Gasteiger partial charge < -0.3 is 4.74 Å². The van der Waals surface area contributed by atoms with Crippen LogP contribution in [0.5, 0.6) is 5.75 Å². The van der Waals surface area contributed by atoms with E-state index in [2.05, 4.69) is 24.9 Å². The zero-order valence-electron chi connectivity index (χ0n) is 14.5. The topological polar surface area (TPSA) is 106 Å². The number of hydrogen-bond acceptors (Lipinski definition) is 6. The lowest BCUT2D eigenvalue weighted by molar-refractivity contribution is -0.113. The first-order chi connectivity index (χ1) is 13.7. The van der Waals surface area contributed by atoms with E-state index in [1.165, 1.54) is 18.6 Å². The van der Waals surface area contributed by atoms with Gasteiger partial charge in [0.05, 0.1) is 17.1 Å². The van der Waals surface area contributed by atoms with Crippen molar-refractivity contribution in [1.82, 2.24) is 9.97 Å². The molecular weight excluding hydrogens is 358 g/mol. The van der Waals surface area contributed by atoms with Gasteiger partial charge in [0, 0.05) is 22.9 Å². The summed E-state index contributed by atoms with van der Waals surface area (Å²) in [6.07, 6.45) is 4.91. The Hall–Kier alpha value is -4.07. The third-order valence-electron chi connectivity index (χ3n) is 3.87. The number of amides is 2. The minimum Gasteiger partial charge on any atom is -0.488 e. The number of fused-ring (bicyclic) bond motifs is 2. The molecular formula is C20H13N5O3. The SMILES string of the molecule is O=C1/C=N/C(=O)/C=c2\cccc\c2=N/c2ncnc3ccc(cc23)OC/C=N/1. The molecule has 0 radical (unpaired) electrons. The van der Waals surface area contributed by atoms with Gasteiger partial charge in [-0.25, -0.2) is 24.9 Å². The summed E-state index contributed by atoms with van der Waals surface area (Å²) >= 11 is 0. The Morgan fingerprint density at radius 1 is 0.929 bits per heavy atom. The average Bonchev–Trinajstić information content (AvgIpc) is 2.71. The highest BCUT2D eigenvalue weighted by Crippen LogP contribution is 2.25. The molecule has 2 bridgehead atoms. The number of para-hydroxylation sites is 1. The van der Waals surface area contributed by atoms with Gasteiger partial charge >= 0.3 is 0 Å². The molecule has 136 valence electrons. The van der Waals surface area contributed by atoms with E-state index in [0.717, 1.165) is 6.21 Å². The maximum absolute atomic E-state index is 12.1. The summed E-state index contributed by atoms with van der Waals surface area (Å²) in [5, 5.41) is 1.78. The summed E-state index contributed by atoms with van der Waals surface area (Å²) in [7, 11) is 0. The Labute approximate surface area is 158 Å². The van der Waals surface area contributed by atoms with Gasteiger partial charge in [-0.15, -0.1) is 0 Å². The molecule has 2 heterocycles. The number of hydrogen-bond donors (Lipinski definition) is 0. The molecule has 0 saturated carbocycles. The van der Waals surface area contributed by atoms with Crippen LogP contribution in [-0.4, -0.2) is 40.8 Å². The van der Waals surface area contributed by atoms with Crippen molar-refractivity contribution in [1.29, 1.82) is 0 Å². The lowest BCUT2D eigenvalue weighted by atomic mass is 10.2. The lowest BCUT2D eigenvalue weighted by Crippen LogP contribution is -2.25. The molecule has 28 heavy (non-hydrogen) atoms. The number of aliphatic imine (C=N–C) groups is 2. The second-order valence-corrected chi connectivity index (χ2v) is 5.75. The summed E-state index contributed by atoms with van der Waals surface area (Å²) in [4.78, 5) is 44.1. The number of carbonyl (C=O) groups excluding carboxylic acids is 2. The fourth-order valence-electron chi connectivity index (χ4n) is 2.61. The van der Waals surface area contributed by atoms with Gasteiger partial charge in [-0.2, -0.15) is 0 Å². The van der Waals surface area contributed by atoms with Crippen LogP contribution in [0.15, 0.2) is 63.8 Å². The van der Waals surface area contributed by atoms with E-state index >= 15 is 0 Å². The second kappa shape index (κ2) is 7.67. The van der Waals surface area contributed by atoms with Crippen LogP contribution >= 0.6 is 0 Å². The summed E-state index contributed by atoms with van der Waals surface area (Å²) in [5.41, 5.74) is 0.702.